The van der Waals surface area contributed by atoms with Gasteiger partial charge in [0.25, 0.3) is 0 Å². The molecule has 0 aromatic carbocycles. The maximum Gasteiger partial charge on any atom is 3.00 e. The van der Waals surface area contributed by atoms with Crippen LogP contribution in [0.4, 0.5) is 0 Å². The standard InChI is InChI=1S/C2H8N2.4C2H4O2.2Fe.H3N.3H2N/c3-1-2-4;4*1-2(3)4;;;;;;/h1-4H2;4*1H3,(H,3,4);;;1H3;3*1H2/q;;;;;2*+3;;3*-1/p-3. The molecule has 0 unspecified atom stereocenters. The van der Waals surface area contributed by atoms with Gasteiger partial charge in [-0.05, 0) is 27.7 Å². The summed E-state index contributed by atoms with van der Waals surface area (Å²) in [5.41, 5.74) is 9.81. The zero-order chi connectivity index (χ0) is 17.7. The second-order valence-corrected chi connectivity index (χ2v) is 2.54. The van der Waals surface area contributed by atoms with Gasteiger partial charge >= 0.3 is 34.1 Å². The van der Waals surface area contributed by atoms with E-state index in [2.05, 4.69) is 0 Å². The molecule has 26 heavy (non-hydrogen) atoms. The molecule has 0 saturated heterocycles. The molecule has 14 nitrogen and oxygen atoms in total. The van der Waals surface area contributed by atoms with Gasteiger partial charge < -0.3 is 75.7 Å². The van der Waals surface area contributed by atoms with E-state index >= 15 is 0 Å². The summed E-state index contributed by atoms with van der Waals surface area (Å²) in [5, 5.41) is 35.6. The molecular formula is C10H30Fe2N6O8. The van der Waals surface area contributed by atoms with Gasteiger partial charge in [0.1, 0.15) is 0 Å². The Kier molecular flexibility index (Phi) is 215. The fraction of sp³-hybridized carbons (Fsp3) is 0.600. The number of rotatable bonds is 1. The molecule has 14 N–H and O–H groups in total. The van der Waals surface area contributed by atoms with Crippen LogP contribution in [0.15, 0.2) is 0 Å². The Labute approximate surface area is 174 Å². The van der Waals surface area contributed by atoms with Crippen molar-refractivity contribution in [3.05, 3.63) is 18.5 Å². The number of carboxylic acids is 4. The molecule has 164 valence electrons. The Morgan fingerprint density at radius 1 is 0.577 bits per heavy atom. The second kappa shape index (κ2) is 75.8. The third kappa shape index (κ3) is 103000. The van der Waals surface area contributed by atoms with Crippen molar-refractivity contribution in [1.82, 2.24) is 6.15 Å². The smallest absolute Gasteiger partial charge is 0.693 e. The number of carbonyl (C=O) groups excluding carboxylic acids is 4. The molecule has 16 heteroatoms. The van der Waals surface area contributed by atoms with Crippen LogP contribution < -0.4 is 38.0 Å². The molecule has 0 aliphatic carbocycles. The minimum Gasteiger partial charge on any atom is -0.693 e. The maximum absolute atomic E-state index is 8.89. The van der Waals surface area contributed by atoms with Gasteiger partial charge in [-0.1, -0.05) is 0 Å². The number of carboxylic acid groups (broad SMARTS) is 4. The molecule has 0 aromatic heterocycles. The van der Waals surface area contributed by atoms with Crippen molar-refractivity contribution in [2.75, 3.05) is 13.1 Å². The maximum atomic E-state index is 8.89. The van der Waals surface area contributed by atoms with E-state index in [4.69, 9.17) is 51.1 Å². The molecule has 0 aliphatic rings. The predicted octanol–water partition coefficient (Wildman–Crippen LogP) is -3.55. The van der Waals surface area contributed by atoms with Crippen LogP contribution in [0, 0.1) is 0 Å². The van der Waals surface area contributed by atoms with Crippen LogP contribution in [0.25, 0.3) is 18.5 Å². The van der Waals surface area contributed by atoms with Crippen molar-refractivity contribution in [1.29, 1.82) is 0 Å². The quantitative estimate of drug-likeness (QED) is 0.314. The third-order valence-corrected chi connectivity index (χ3v) is 0.167. The van der Waals surface area contributed by atoms with Gasteiger partial charge in [0, 0.05) is 37.0 Å². The zero-order valence-electron chi connectivity index (χ0n) is 15.3. The number of carbonyl (C=O) groups is 4. The predicted molar refractivity (Wildman–Crippen MR) is 82.7 cm³/mol. The van der Waals surface area contributed by atoms with E-state index in [9.17, 15) is 0 Å². The van der Waals surface area contributed by atoms with Gasteiger partial charge in [0.15, 0.2) is 0 Å². The van der Waals surface area contributed by atoms with Gasteiger partial charge in [-0.3, -0.25) is 0 Å². The first-order valence-corrected chi connectivity index (χ1v) is 4.95. The van der Waals surface area contributed by atoms with E-state index in [0.717, 1.165) is 27.7 Å². The van der Waals surface area contributed by atoms with E-state index in [1.54, 1.807) is 0 Å². The molecule has 0 amide bonds. The SMILES string of the molecule is CC(=O)[O-].CC(=O)[O-].CC(=O)[O-].CC(=O)[O-].NCCN.[Fe+3].[Fe+3].[NH2-].[NH2-].[NH2-].[NH4+]. The third-order valence-electron chi connectivity index (χ3n) is 0.167. The molecule has 0 fully saturated rings. The summed E-state index contributed by atoms with van der Waals surface area (Å²) in [6.07, 6.45) is 0. The average molecular weight is 474 g/mol. The van der Waals surface area contributed by atoms with Crippen molar-refractivity contribution in [2.24, 2.45) is 11.5 Å². The van der Waals surface area contributed by atoms with E-state index in [0.29, 0.717) is 13.1 Å². The Morgan fingerprint density at radius 3 is 0.615 bits per heavy atom. The summed E-state index contributed by atoms with van der Waals surface area (Å²) in [6, 6.07) is 0. The van der Waals surface area contributed by atoms with Crippen LogP contribution >= 0.6 is 0 Å². The van der Waals surface area contributed by atoms with Gasteiger partial charge in [0.05, 0.1) is 0 Å². The normalized spacial score (nSPS) is 5.00. The van der Waals surface area contributed by atoms with Crippen molar-refractivity contribution >= 4 is 23.9 Å². The number of nitrogens with two attached hydrogens (primary N) is 5. The van der Waals surface area contributed by atoms with Crippen molar-refractivity contribution in [3.8, 4) is 0 Å². The Bertz CT molecular complexity index is 210. The molecule has 0 saturated carbocycles. The van der Waals surface area contributed by atoms with Crippen LogP contribution in [0.1, 0.15) is 27.7 Å². The van der Waals surface area contributed by atoms with E-state index in [-0.39, 0.29) is 58.7 Å². The molecule has 0 rings (SSSR count). The molecule has 0 aromatic rings. The Hall–Kier alpha value is -1.32. The molecule has 0 spiro atoms. The van der Waals surface area contributed by atoms with E-state index in [1.807, 2.05) is 0 Å². The molecule has 0 bridgehead atoms. The summed E-state index contributed by atoms with van der Waals surface area (Å²) in [7, 11) is 0. The van der Waals surface area contributed by atoms with Crippen LogP contribution in [0.5, 0.6) is 0 Å². The fourth-order valence-electron chi connectivity index (χ4n) is 0. The number of hydrogen-bond acceptors (Lipinski definition) is 10. The zero-order valence-corrected chi connectivity index (χ0v) is 17.5. The minimum atomic E-state index is -1.08. The topological polar surface area (TPSA) is 350 Å². The first-order valence-electron chi connectivity index (χ1n) is 4.95. The van der Waals surface area contributed by atoms with Crippen LogP contribution in [0.2, 0.25) is 0 Å². The number of hydrogen-bond donors (Lipinski definition) is 3. The second-order valence-electron chi connectivity index (χ2n) is 2.54. The molecule has 0 atom stereocenters. The number of aliphatic carboxylic acids is 4. The van der Waals surface area contributed by atoms with E-state index in [1.165, 1.54) is 0 Å². The summed E-state index contributed by atoms with van der Waals surface area (Å²) >= 11 is 0. The molecule has 0 aliphatic heterocycles. The summed E-state index contributed by atoms with van der Waals surface area (Å²) < 4.78 is 0. The summed E-state index contributed by atoms with van der Waals surface area (Å²) in [6.45, 7) is 5.08. The summed E-state index contributed by atoms with van der Waals surface area (Å²) in [4.78, 5) is 35.6. The Morgan fingerprint density at radius 2 is 0.615 bits per heavy atom. The molecular weight excluding hydrogens is 444 g/mol. The van der Waals surface area contributed by atoms with Crippen LogP contribution in [0.3, 0.4) is 0 Å². The summed E-state index contributed by atoms with van der Waals surface area (Å²) in [5.74, 6) is -4.33. The van der Waals surface area contributed by atoms with Gasteiger partial charge in [-0.2, -0.15) is 0 Å². The van der Waals surface area contributed by atoms with Crippen molar-refractivity contribution < 1.29 is 73.7 Å². The monoisotopic (exact) mass is 474 g/mol. The average Bonchev–Trinajstić information content (AvgIpc) is 2.13. The van der Waals surface area contributed by atoms with Crippen molar-refractivity contribution in [2.45, 2.75) is 27.7 Å². The first kappa shape index (κ1) is 74.0. The minimum absolute atomic E-state index is 0. The Balaban J connectivity index is -0.0000000114. The first-order chi connectivity index (χ1) is 8.84. The fourth-order valence-corrected chi connectivity index (χ4v) is 0. The van der Waals surface area contributed by atoms with Crippen LogP contribution in [-0.4, -0.2) is 37.0 Å². The van der Waals surface area contributed by atoms with Gasteiger partial charge in [0.2, 0.25) is 0 Å². The molecule has 2 radical (unpaired) electrons. The van der Waals surface area contributed by atoms with Crippen LogP contribution in [-0.2, 0) is 53.3 Å². The van der Waals surface area contributed by atoms with Gasteiger partial charge in [-0.15, -0.1) is 0 Å². The van der Waals surface area contributed by atoms with E-state index < -0.39 is 23.9 Å². The van der Waals surface area contributed by atoms with Crippen molar-refractivity contribution in [3.63, 3.8) is 0 Å². The number of quaternary nitrogens is 1. The van der Waals surface area contributed by atoms with Gasteiger partial charge in [-0.25, -0.2) is 0 Å². The largest absolute Gasteiger partial charge is 3.00 e. The molecule has 0 heterocycles.